The van der Waals surface area contributed by atoms with Gasteiger partial charge in [-0.25, -0.2) is 0 Å². The van der Waals surface area contributed by atoms with Crippen molar-refractivity contribution in [2.75, 3.05) is 0 Å². The lowest BCUT2D eigenvalue weighted by molar-refractivity contribution is 0.240. The predicted molar refractivity (Wildman–Crippen MR) is 51.0 cm³/mol. The Hall–Kier alpha value is 0.290. The Morgan fingerprint density at radius 3 is 2.36 bits per heavy atom. The van der Waals surface area contributed by atoms with Gasteiger partial charge in [-0.15, -0.1) is 11.6 Å². The molecule has 0 spiro atoms. The van der Waals surface area contributed by atoms with Gasteiger partial charge in [-0.2, -0.15) is 0 Å². The zero-order valence-electron chi connectivity index (χ0n) is 7.81. The lowest BCUT2D eigenvalue weighted by Gasteiger charge is -2.33. The molecule has 1 fully saturated rings. The fourth-order valence-electron chi connectivity index (χ4n) is 2.09. The summed E-state index contributed by atoms with van der Waals surface area (Å²) in [6, 6.07) is 0. The maximum atomic E-state index is 6.27. The third-order valence-corrected chi connectivity index (χ3v) is 3.44. The Morgan fingerprint density at radius 1 is 1.27 bits per heavy atom. The highest BCUT2D eigenvalue weighted by atomic mass is 35.5. The standard InChI is InChI=1S/C10H19Cl/c1-7(2)9-5-4-8(3)6-10(9)11/h7-10H,4-6H2,1-3H3/t8-,9-,10+/m1/s1. The molecule has 1 rings (SSSR count). The maximum Gasteiger partial charge on any atom is 0.0369 e. The van der Waals surface area contributed by atoms with Crippen LogP contribution in [0.3, 0.4) is 0 Å². The van der Waals surface area contributed by atoms with Crippen LogP contribution in [0.4, 0.5) is 0 Å². The van der Waals surface area contributed by atoms with Crippen molar-refractivity contribution in [3.63, 3.8) is 0 Å². The summed E-state index contributed by atoms with van der Waals surface area (Å²) in [7, 11) is 0. The molecule has 0 heterocycles. The second-order valence-electron chi connectivity index (χ2n) is 4.34. The second kappa shape index (κ2) is 3.80. The van der Waals surface area contributed by atoms with Crippen molar-refractivity contribution >= 4 is 11.6 Å². The van der Waals surface area contributed by atoms with Gasteiger partial charge in [0.1, 0.15) is 0 Å². The van der Waals surface area contributed by atoms with Crippen molar-refractivity contribution in [1.29, 1.82) is 0 Å². The summed E-state index contributed by atoms with van der Waals surface area (Å²) in [5, 5.41) is 0.443. The Balaban J connectivity index is 2.44. The SMILES string of the molecule is CC(C)[C@H]1CC[C@@H](C)C[C@@H]1Cl. The van der Waals surface area contributed by atoms with Crippen molar-refractivity contribution in [3.05, 3.63) is 0 Å². The van der Waals surface area contributed by atoms with Gasteiger partial charge in [0.05, 0.1) is 0 Å². The minimum atomic E-state index is 0.443. The van der Waals surface area contributed by atoms with Gasteiger partial charge in [0, 0.05) is 5.38 Å². The van der Waals surface area contributed by atoms with Gasteiger partial charge >= 0.3 is 0 Å². The largest absolute Gasteiger partial charge is 0.123 e. The molecule has 0 aromatic heterocycles. The molecule has 0 N–H and O–H groups in total. The van der Waals surface area contributed by atoms with E-state index >= 15 is 0 Å². The number of rotatable bonds is 1. The lowest BCUT2D eigenvalue weighted by Crippen LogP contribution is -2.27. The summed E-state index contributed by atoms with van der Waals surface area (Å²) < 4.78 is 0. The fraction of sp³-hybridized carbons (Fsp3) is 1.00. The molecule has 11 heavy (non-hydrogen) atoms. The van der Waals surface area contributed by atoms with E-state index in [0.29, 0.717) is 5.38 Å². The van der Waals surface area contributed by atoms with Crippen molar-refractivity contribution in [2.24, 2.45) is 17.8 Å². The van der Waals surface area contributed by atoms with Crippen LogP contribution in [0.15, 0.2) is 0 Å². The van der Waals surface area contributed by atoms with E-state index in [1.54, 1.807) is 0 Å². The van der Waals surface area contributed by atoms with Gasteiger partial charge in [-0.3, -0.25) is 0 Å². The number of alkyl halides is 1. The molecule has 66 valence electrons. The van der Waals surface area contributed by atoms with Crippen molar-refractivity contribution in [1.82, 2.24) is 0 Å². The van der Waals surface area contributed by atoms with Gasteiger partial charge in [0.2, 0.25) is 0 Å². The van der Waals surface area contributed by atoms with Gasteiger partial charge in [0.15, 0.2) is 0 Å². The molecular formula is C10H19Cl. The Labute approximate surface area is 75.3 Å². The van der Waals surface area contributed by atoms with E-state index in [9.17, 15) is 0 Å². The van der Waals surface area contributed by atoms with Crippen molar-refractivity contribution in [2.45, 2.75) is 45.4 Å². The molecule has 0 unspecified atom stereocenters. The quantitative estimate of drug-likeness (QED) is 0.532. The Bertz CT molecular complexity index is 120. The first-order valence-electron chi connectivity index (χ1n) is 4.75. The maximum absolute atomic E-state index is 6.27. The van der Waals surface area contributed by atoms with E-state index in [0.717, 1.165) is 17.8 Å². The third kappa shape index (κ3) is 2.37. The molecule has 0 bridgehead atoms. The van der Waals surface area contributed by atoms with E-state index in [4.69, 9.17) is 11.6 Å². The van der Waals surface area contributed by atoms with Crippen LogP contribution >= 0.6 is 11.6 Å². The van der Waals surface area contributed by atoms with E-state index in [1.807, 2.05) is 0 Å². The van der Waals surface area contributed by atoms with Crippen LogP contribution in [0.5, 0.6) is 0 Å². The number of halogens is 1. The fourth-order valence-corrected chi connectivity index (χ4v) is 2.81. The number of hydrogen-bond donors (Lipinski definition) is 0. The van der Waals surface area contributed by atoms with Gasteiger partial charge in [-0.05, 0) is 30.6 Å². The molecule has 1 saturated carbocycles. The van der Waals surface area contributed by atoms with E-state index in [-0.39, 0.29) is 0 Å². The molecule has 0 radical (unpaired) electrons. The highest BCUT2D eigenvalue weighted by molar-refractivity contribution is 6.20. The topological polar surface area (TPSA) is 0 Å². The summed E-state index contributed by atoms with van der Waals surface area (Å²) in [6.07, 6.45) is 3.95. The molecular weight excluding hydrogens is 156 g/mol. The molecule has 0 aromatic rings. The normalized spacial score (nSPS) is 39.5. The Kier molecular flexibility index (Phi) is 3.24. The first-order valence-corrected chi connectivity index (χ1v) is 5.19. The first kappa shape index (κ1) is 9.38. The Morgan fingerprint density at radius 2 is 1.91 bits per heavy atom. The van der Waals surface area contributed by atoms with Crippen LogP contribution < -0.4 is 0 Å². The molecule has 0 saturated heterocycles. The van der Waals surface area contributed by atoms with Gasteiger partial charge < -0.3 is 0 Å². The molecule has 0 aliphatic heterocycles. The van der Waals surface area contributed by atoms with Crippen LogP contribution in [0.25, 0.3) is 0 Å². The number of hydrogen-bond acceptors (Lipinski definition) is 0. The van der Waals surface area contributed by atoms with E-state index < -0.39 is 0 Å². The molecule has 3 atom stereocenters. The molecule has 1 aliphatic carbocycles. The smallest absolute Gasteiger partial charge is 0.0369 e. The lowest BCUT2D eigenvalue weighted by atomic mass is 9.77. The van der Waals surface area contributed by atoms with Crippen LogP contribution in [0.2, 0.25) is 0 Å². The summed E-state index contributed by atoms with van der Waals surface area (Å²) in [5.41, 5.74) is 0. The van der Waals surface area contributed by atoms with Crippen LogP contribution in [0.1, 0.15) is 40.0 Å². The summed E-state index contributed by atoms with van der Waals surface area (Å²) >= 11 is 6.27. The van der Waals surface area contributed by atoms with E-state index in [1.165, 1.54) is 19.3 Å². The highest BCUT2D eigenvalue weighted by Crippen LogP contribution is 2.36. The van der Waals surface area contributed by atoms with Crippen LogP contribution in [-0.2, 0) is 0 Å². The monoisotopic (exact) mass is 174 g/mol. The van der Waals surface area contributed by atoms with Crippen LogP contribution in [0, 0.1) is 17.8 Å². The second-order valence-corrected chi connectivity index (χ2v) is 4.90. The van der Waals surface area contributed by atoms with Crippen molar-refractivity contribution < 1.29 is 0 Å². The molecule has 0 amide bonds. The van der Waals surface area contributed by atoms with Crippen molar-refractivity contribution in [3.8, 4) is 0 Å². The molecule has 0 nitrogen and oxygen atoms in total. The zero-order chi connectivity index (χ0) is 8.43. The third-order valence-electron chi connectivity index (χ3n) is 2.94. The average Bonchev–Trinajstić information content (AvgIpc) is 1.85. The highest BCUT2D eigenvalue weighted by Gasteiger charge is 2.28. The summed E-state index contributed by atoms with van der Waals surface area (Å²) in [4.78, 5) is 0. The van der Waals surface area contributed by atoms with Crippen LogP contribution in [-0.4, -0.2) is 5.38 Å². The van der Waals surface area contributed by atoms with E-state index in [2.05, 4.69) is 20.8 Å². The first-order chi connectivity index (χ1) is 5.11. The minimum absolute atomic E-state index is 0.443. The zero-order valence-corrected chi connectivity index (χ0v) is 8.56. The summed E-state index contributed by atoms with van der Waals surface area (Å²) in [5.74, 6) is 2.39. The summed E-state index contributed by atoms with van der Waals surface area (Å²) in [6.45, 7) is 6.89. The predicted octanol–water partition coefficient (Wildman–Crippen LogP) is 3.69. The minimum Gasteiger partial charge on any atom is -0.123 e. The molecule has 1 heteroatoms. The van der Waals surface area contributed by atoms with Gasteiger partial charge in [0.25, 0.3) is 0 Å². The average molecular weight is 175 g/mol. The molecule has 1 aliphatic rings. The molecule has 0 aromatic carbocycles. The van der Waals surface area contributed by atoms with Gasteiger partial charge in [-0.1, -0.05) is 27.2 Å².